The van der Waals surface area contributed by atoms with Crippen LogP contribution in [0.15, 0.2) is 60.7 Å². The molecule has 0 aromatic heterocycles. The molecular weight excluding hydrogens is 661 g/mol. The van der Waals surface area contributed by atoms with Crippen LogP contribution in [0.1, 0.15) is 36.8 Å². The standard InChI is InChI=1S/C33H44N3O12P/c37-19-17-34(18-20-38)15-16-35(22-30(39)40)21-28(36(23-31(41)42)24-32(43)44)25-47-49(45,46)48-29-11-13-33(14-12-29,26-7-3-1-4-8-26)27-9-5-2-6-10-27/h1-10,19-20,28-29H,11-18,21-25H2,(H,39,40)(H,41,42)(H,43,44)(H,45,46). The maximum absolute atomic E-state index is 13.3. The summed E-state index contributed by atoms with van der Waals surface area (Å²) >= 11 is 0. The van der Waals surface area contributed by atoms with Gasteiger partial charge in [0.2, 0.25) is 0 Å². The number of carbonyl (C=O) groups excluding carboxylic acids is 2. The minimum Gasteiger partial charge on any atom is -0.480 e. The lowest BCUT2D eigenvalue weighted by molar-refractivity contribution is -0.144. The number of rotatable bonds is 23. The summed E-state index contributed by atoms with van der Waals surface area (Å²) in [7, 11) is -4.77. The molecule has 16 heteroatoms. The fraction of sp³-hybridized carbons (Fsp3) is 0.485. The third kappa shape index (κ3) is 12.9. The van der Waals surface area contributed by atoms with Crippen molar-refractivity contribution in [1.82, 2.24) is 14.7 Å². The van der Waals surface area contributed by atoms with Crippen LogP contribution in [0, 0.1) is 0 Å². The van der Waals surface area contributed by atoms with E-state index < -0.39 is 64.1 Å². The zero-order valence-corrected chi connectivity index (χ0v) is 28.0. The Morgan fingerprint density at radius 2 is 1.27 bits per heavy atom. The van der Waals surface area contributed by atoms with E-state index >= 15 is 0 Å². The van der Waals surface area contributed by atoms with Crippen molar-refractivity contribution in [2.24, 2.45) is 0 Å². The molecule has 4 N–H and O–H groups in total. The molecule has 0 spiro atoms. The normalized spacial score (nSPS) is 16.7. The second kappa shape index (κ2) is 19.4. The van der Waals surface area contributed by atoms with Gasteiger partial charge in [-0.3, -0.25) is 38.1 Å². The Bertz CT molecular complexity index is 1360. The lowest BCUT2D eigenvalue weighted by Crippen LogP contribution is -2.52. The van der Waals surface area contributed by atoms with Crippen molar-refractivity contribution in [2.75, 3.05) is 59.0 Å². The molecule has 49 heavy (non-hydrogen) atoms. The molecule has 1 aliphatic carbocycles. The largest absolute Gasteiger partial charge is 0.480 e. The number of hydrogen-bond acceptors (Lipinski definition) is 11. The summed E-state index contributed by atoms with van der Waals surface area (Å²) in [5.74, 6) is -4.02. The van der Waals surface area contributed by atoms with Crippen LogP contribution in [0.4, 0.5) is 0 Å². The highest BCUT2D eigenvalue weighted by molar-refractivity contribution is 7.47. The van der Waals surface area contributed by atoms with E-state index in [1.54, 1.807) is 0 Å². The first-order valence-electron chi connectivity index (χ1n) is 15.9. The molecule has 2 aromatic rings. The molecule has 2 aromatic carbocycles. The number of benzene rings is 2. The molecule has 0 amide bonds. The fourth-order valence-electron chi connectivity index (χ4n) is 6.26. The van der Waals surface area contributed by atoms with Crippen molar-refractivity contribution >= 4 is 38.3 Å². The van der Waals surface area contributed by atoms with Crippen LogP contribution < -0.4 is 0 Å². The van der Waals surface area contributed by atoms with E-state index in [2.05, 4.69) is 24.3 Å². The molecule has 0 aliphatic heterocycles. The minimum atomic E-state index is -4.77. The molecule has 1 fully saturated rings. The number of carbonyl (C=O) groups is 5. The topological polar surface area (TPSA) is 212 Å². The Labute approximate surface area is 284 Å². The van der Waals surface area contributed by atoms with Crippen molar-refractivity contribution < 1.29 is 57.8 Å². The lowest BCUT2D eigenvalue weighted by Gasteiger charge is -2.41. The van der Waals surface area contributed by atoms with Gasteiger partial charge >= 0.3 is 25.7 Å². The molecule has 0 bridgehead atoms. The number of carboxylic acids is 3. The summed E-state index contributed by atoms with van der Waals surface area (Å²) in [6, 6.07) is 18.8. The Hall–Kier alpha value is -3.82. The molecule has 0 radical (unpaired) electrons. The van der Waals surface area contributed by atoms with Crippen molar-refractivity contribution in [1.29, 1.82) is 0 Å². The molecule has 2 atom stereocenters. The average molecular weight is 706 g/mol. The van der Waals surface area contributed by atoms with Crippen molar-refractivity contribution in [3.63, 3.8) is 0 Å². The van der Waals surface area contributed by atoms with Gasteiger partial charge in [-0.05, 0) is 36.8 Å². The van der Waals surface area contributed by atoms with Crippen molar-refractivity contribution in [2.45, 2.75) is 43.2 Å². The number of aldehydes is 2. The summed E-state index contributed by atoms with van der Waals surface area (Å²) in [4.78, 5) is 71.6. The fourth-order valence-corrected chi connectivity index (χ4v) is 7.27. The van der Waals surface area contributed by atoms with Gasteiger partial charge in [0, 0.05) is 31.1 Å². The smallest absolute Gasteiger partial charge is 0.472 e. The lowest BCUT2D eigenvalue weighted by atomic mass is 9.65. The molecule has 0 heterocycles. The minimum absolute atomic E-state index is 0.0155. The molecule has 15 nitrogen and oxygen atoms in total. The summed E-state index contributed by atoms with van der Waals surface area (Å²) in [5.41, 5.74) is 1.91. The SMILES string of the molecule is O=CCN(CC=O)CCN(CC(=O)O)CC(COP(=O)(O)OC1CCC(c2ccccc2)(c2ccccc2)CC1)N(CC(=O)O)CC(=O)O. The Kier molecular flexibility index (Phi) is 15.7. The van der Waals surface area contributed by atoms with E-state index in [1.165, 1.54) is 9.80 Å². The molecule has 268 valence electrons. The van der Waals surface area contributed by atoms with Crippen LogP contribution >= 0.6 is 7.82 Å². The van der Waals surface area contributed by atoms with Crippen molar-refractivity contribution in [3.05, 3.63) is 71.8 Å². The maximum Gasteiger partial charge on any atom is 0.472 e. The van der Waals surface area contributed by atoms with Gasteiger partial charge in [0.05, 0.1) is 45.4 Å². The number of hydrogen-bond donors (Lipinski definition) is 4. The molecule has 1 saturated carbocycles. The summed E-state index contributed by atoms with van der Waals surface area (Å²) in [5, 5.41) is 28.5. The predicted molar refractivity (Wildman–Crippen MR) is 176 cm³/mol. The monoisotopic (exact) mass is 705 g/mol. The number of nitrogens with zero attached hydrogens (tertiary/aromatic N) is 3. The average Bonchev–Trinajstić information content (AvgIpc) is 3.05. The maximum atomic E-state index is 13.3. The second-order valence-corrected chi connectivity index (χ2v) is 13.4. The summed E-state index contributed by atoms with van der Waals surface area (Å²) in [6.07, 6.45) is 2.61. The Morgan fingerprint density at radius 3 is 1.71 bits per heavy atom. The molecular formula is C33H44N3O12P. The number of phosphoric ester groups is 1. The molecule has 3 rings (SSSR count). The van der Waals surface area contributed by atoms with Crippen LogP contribution in [0.2, 0.25) is 0 Å². The second-order valence-electron chi connectivity index (χ2n) is 12.0. The zero-order valence-electron chi connectivity index (χ0n) is 27.1. The van der Waals surface area contributed by atoms with Crippen LogP contribution in [0.25, 0.3) is 0 Å². The predicted octanol–water partition coefficient (Wildman–Crippen LogP) is 1.98. The van der Waals surface area contributed by atoms with E-state index in [0.717, 1.165) is 16.0 Å². The summed E-state index contributed by atoms with van der Waals surface area (Å²) in [6.45, 7) is -3.23. The highest BCUT2D eigenvalue weighted by Crippen LogP contribution is 2.51. The summed E-state index contributed by atoms with van der Waals surface area (Å²) < 4.78 is 24.2. The van der Waals surface area contributed by atoms with E-state index in [9.17, 15) is 48.8 Å². The quantitative estimate of drug-likeness (QED) is 0.0962. The third-order valence-electron chi connectivity index (χ3n) is 8.57. The van der Waals surface area contributed by atoms with Gasteiger partial charge in [0.15, 0.2) is 0 Å². The van der Waals surface area contributed by atoms with Crippen LogP contribution in [0.3, 0.4) is 0 Å². The first-order chi connectivity index (χ1) is 23.4. The van der Waals surface area contributed by atoms with Gasteiger partial charge in [-0.2, -0.15) is 0 Å². The Balaban J connectivity index is 1.75. The van der Waals surface area contributed by atoms with E-state index in [1.807, 2.05) is 36.4 Å². The highest BCUT2D eigenvalue weighted by atomic mass is 31.2. The first-order valence-corrected chi connectivity index (χ1v) is 17.3. The van der Waals surface area contributed by atoms with Crippen LogP contribution in [-0.2, 0) is 43.0 Å². The Morgan fingerprint density at radius 1 is 0.796 bits per heavy atom. The van der Waals surface area contributed by atoms with Gasteiger partial charge in [-0.15, -0.1) is 0 Å². The number of carboxylic acid groups (broad SMARTS) is 3. The van der Waals surface area contributed by atoms with Crippen LogP contribution in [0.5, 0.6) is 0 Å². The van der Waals surface area contributed by atoms with E-state index in [-0.39, 0.29) is 38.1 Å². The van der Waals surface area contributed by atoms with Gasteiger partial charge in [0.25, 0.3) is 0 Å². The van der Waals surface area contributed by atoms with Gasteiger partial charge < -0.3 is 29.8 Å². The van der Waals surface area contributed by atoms with Crippen LogP contribution in [-0.4, -0.2) is 137 Å². The van der Waals surface area contributed by atoms with Gasteiger partial charge in [0.1, 0.15) is 12.6 Å². The van der Waals surface area contributed by atoms with E-state index in [0.29, 0.717) is 38.3 Å². The number of aliphatic carboxylic acids is 3. The van der Waals surface area contributed by atoms with Gasteiger partial charge in [-0.25, -0.2) is 4.57 Å². The van der Waals surface area contributed by atoms with Gasteiger partial charge in [-0.1, -0.05) is 60.7 Å². The highest BCUT2D eigenvalue weighted by Gasteiger charge is 2.41. The van der Waals surface area contributed by atoms with Crippen molar-refractivity contribution in [3.8, 4) is 0 Å². The molecule has 0 saturated heterocycles. The zero-order chi connectivity index (χ0) is 35.9. The molecule has 2 unspecified atom stereocenters. The van der Waals surface area contributed by atoms with E-state index in [4.69, 9.17) is 9.05 Å². The number of phosphoric acid groups is 1. The first kappa shape index (κ1) is 39.6. The molecule has 1 aliphatic rings. The third-order valence-corrected chi connectivity index (χ3v) is 9.61.